The van der Waals surface area contributed by atoms with Crippen LogP contribution < -0.4 is 0 Å². The Labute approximate surface area is 86.4 Å². The summed E-state index contributed by atoms with van der Waals surface area (Å²) in [5, 5.41) is 9.57. The molecule has 3 nitrogen and oxygen atoms in total. The van der Waals surface area contributed by atoms with Gasteiger partial charge < -0.3 is 14.6 Å². The van der Waals surface area contributed by atoms with E-state index in [2.05, 4.69) is 6.92 Å². The molecule has 1 aliphatic rings. The molecule has 0 aliphatic carbocycles. The minimum atomic E-state index is -0.632. The van der Waals surface area contributed by atoms with Gasteiger partial charge in [0.15, 0.2) is 6.29 Å². The molecule has 14 heavy (non-hydrogen) atoms. The first kappa shape index (κ1) is 12.0. The number of ether oxygens (including phenoxy) is 2. The Bertz CT molecular complexity index is 153. The molecule has 0 aromatic heterocycles. The Balaban J connectivity index is 2.41. The highest BCUT2D eigenvalue weighted by atomic mass is 16.6. The van der Waals surface area contributed by atoms with E-state index in [1.54, 1.807) is 7.11 Å². The maximum absolute atomic E-state index is 9.57. The van der Waals surface area contributed by atoms with Gasteiger partial charge in [0.25, 0.3) is 0 Å². The van der Waals surface area contributed by atoms with E-state index in [0.717, 1.165) is 26.1 Å². The van der Waals surface area contributed by atoms with Gasteiger partial charge in [-0.25, -0.2) is 0 Å². The fraction of sp³-hybridized carbons (Fsp3) is 1.00. The molecule has 0 saturated carbocycles. The summed E-state index contributed by atoms with van der Waals surface area (Å²) >= 11 is 0. The molecule has 84 valence electrons. The fourth-order valence-corrected chi connectivity index (χ4v) is 2.15. The molecule has 0 spiro atoms. The van der Waals surface area contributed by atoms with Gasteiger partial charge in [0, 0.05) is 26.2 Å². The number of aliphatic hydroxyl groups is 1. The van der Waals surface area contributed by atoms with Crippen LogP contribution in [-0.4, -0.2) is 31.7 Å². The van der Waals surface area contributed by atoms with Crippen molar-refractivity contribution < 1.29 is 14.6 Å². The average molecular weight is 202 g/mol. The zero-order valence-corrected chi connectivity index (χ0v) is 9.40. The van der Waals surface area contributed by atoms with Gasteiger partial charge in [-0.15, -0.1) is 0 Å². The topological polar surface area (TPSA) is 38.7 Å². The third-order valence-corrected chi connectivity index (χ3v) is 3.53. The van der Waals surface area contributed by atoms with Crippen LogP contribution in [0.5, 0.6) is 0 Å². The number of rotatable bonds is 4. The third kappa shape index (κ3) is 2.94. The molecule has 3 unspecified atom stereocenters. The SMILES string of the molecule is COC(O)C(C)C(C)C1CCOCC1. The second-order valence-electron chi connectivity index (χ2n) is 4.29. The van der Waals surface area contributed by atoms with Crippen LogP contribution >= 0.6 is 0 Å². The van der Waals surface area contributed by atoms with Crippen LogP contribution in [0.3, 0.4) is 0 Å². The quantitative estimate of drug-likeness (QED) is 0.704. The van der Waals surface area contributed by atoms with Crippen molar-refractivity contribution in [3.05, 3.63) is 0 Å². The molecule has 0 aromatic carbocycles. The minimum Gasteiger partial charge on any atom is -0.381 e. The van der Waals surface area contributed by atoms with Crippen LogP contribution in [0.2, 0.25) is 0 Å². The van der Waals surface area contributed by atoms with Crippen LogP contribution in [0.15, 0.2) is 0 Å². The van der Waals surface area contributed by atoms with Gasteiger partial charge in [0.1, 0.15) is 0 Å². The summed E-state index contributed by atoms with van der Waals surface area (Å²) in [7, 11) is 1.55. The lowest BCUT2D eigenvalue weighted by Crippen LogP contribution is -2.32. The molecule has 0 bridgehead atoms. The molecular weight excluding hydrogens is 180 g/mol. The zero-order valence-electron chi connectivity index (χ0n) is 9.40. The van der Waals surface area contributed by atoms with Crippen molar-refractivity contribution in [1.29, 1.82) is 0 Å². The number of hydrogen-bond acceptors (Lipinski definition) is 3. The number of hydrogen-bond donors (Lipinski definition) is 1. The number of methoxy groups -OCH3 is 1. The summed E-state index contributed by atoms with van der Waals surface area (Å²) in [6, 6.07) is 0. The first-order valence-corrected chi connectivity index (χ1v) is 5.45. The standard InChI is InChI=1S/C11H22O3/c1-8(9(2)11(12)13-3)10-4-6-14-7-5-10/h8-12H,4-7H2,1-3H3. The first-order valence-electron chi connectivity index (χ1n) is 5.45. The molecule has 0 aromatic rings. The zero-order chi connectivity index (χ0) is 10.6. The predicted octanol–water partition coefficient (Wildman–Crippen LogP) is 1.65. The van der Waals surface area contributed by atoms with Gasteiger partial charge >= 0.3 is 0 Å². The Morgan fingerprint density at radius 1 is 1.29 bits per heavy atom. The van der Waals surface area contributed by atoms with E-state index in [0.29, 0.717) is 11.8 Å². The molecule has 0 radical (unpaired) electrons. The van der Waals surface area contributed by atoms with Gasteiger partial charge in [-0.1, -0.05) is 13.8 Å². The van der Waals surface area contributed by atoms with Crippen molar-refractivity contribution >= 4 is 0 Å². The van der Waals surface area contributed by atoms with Crippen LogP contribution in [0.1, 0.15) is 26.7 Å². The van der Waals surface area contributed by atoms with Gasteiger partial charge in [-0.05, 0) is 24.7 Å². The van der Waals surface area contributed by atoms with Crippen molar-refractivity contribution in [3.63, 3.8) is 0 Å². The highest BCUT2D eigenvalue weighted by molar-refractivity contribution is 4.75. The molecule has 3 atom stereocenters. The normalized spacial score (nSPS) is 25.7. The molecule has 1 N–H and O–H groups in total. The van der Waals surface area contributed by atoms with E-state index in [9.17, 15) is 5.11 Å². The van der Waals surface area contributed by atoms with Gasteiger partial charge in [-0.2, -0.15) is 0 Å². The van der Waals surface area contributed by atoms with Crippen LogP contribution in [0, 0.1) is 17.8 Å². The lowest BCUT2D eigenvalue weighted by atomic mass is 9.79. The molecule has 1 heterocycles. The first-order chi connectivity index (χ1) is 6.66. The summed E-state index contributed by atoms with van der Waals surface area (Å²) in [5.41, 5.74) is 0. The average Bonchev–Trinajstić information content (AvgIpc) is 2.27. The van der Waals surface area contributed by atoms with Crippen molar-refractivity contribution in [3.8, 4) is 0 Å². The second kappa shape index (κ2) is 5.69. The molecule has 1 saturated heterocycles. The maximum Gasteiger partial charge on any atom is 0.156 e. The fourth-order valence-electron chi connectivity index (χ4n) is 2.15. The second-order valence-corrected chi connectivity index (χ2v) is 4.29. The van der Waals surface area contributed by atoms with Crippen molar-refractivity contribution in [2.45, 2.75) is 33.0 Å². The summed E-state index contributed by atoms with van der Waals surface area (Å²) in [5.74, 6) is 1.36. The van der Waals surface area contributed by atoms with E-state index in [-0.39, 0.29) is 5.92 Å². The van der Waals surface area contributed by atoms with E-state index >= 15 is 0 Å². The maximum atomic E-state index is 9.57. The van der Waals surface area contributed by atoms with E-state index < -0.39 is 6.29 Å². The summed E-state index contributed by atoms with van der Waals surface area (Å²) < 4.78 is 10.3. The summed E-state index contributed by atoms with van der Waals surface area (Å²) in [4.78, 5) is 0. The molecule has 3 heteroatoms. The highest BCUT2D eigenvalue weighted by Crippen LogP contribution is 2.30. The Hall–Kier alpha value is -0.120. The van der Waals surface area contributed by atoms with E-state index in [4.69, 9.17) is 9.47 Å². The molecular formula is C11H22O3. The monoisotopic (exact) mass is 202 g/mol. The Morgan fingerprint density at radius 3 is 2.36 bits per heavy atom. The minimum absolute atomic E-state index is 0.197. The van der Waals surface area contributed by atoms with E-state index in [1.165, 1.54) is 0 Å². The van der Waals surface area contributed by atoms with Crippen molar-refractivity contribution in [2.24, 2.45) is 17.8 Å². The summed E-state index contributed by atoms with van der Waals surface area (Å²) in [6.45, 7) is 5.98. The Morgan fingerprint density at radius 2 is 1.86 bits per heavy atom. The van der Waals surface area contributed by atoms with E-state index in [1.807, 2.05) is 6.92 Å². The highest BCUT2D eigenvalue weighted by Gasteiger charge is 2.28. The van der Waals surface area contributed by atoms with Crippen LogP contribution in [0.25, 0.3) is 0 Å². The summed E-state index contributed by atoms with van der Waals surface area (Å²) in [6.07, 6.45) is 1.59. The van der Waals surface area contributed by atoms with Gasteiger partial charge in [0.2, 0.25) is 0 Å². The predicted molar refractivity (Wildman–Crippen MR) is 54.9 cm³/mol. The van der Waals surface area contributed by atoms with Crippen LogP contribution in [0.4, 0.5) is 0 Å². The third-order valence-electron chi connectivity index (χ3n) is 3.53. The smallest absolute Gasteiger partial charge is 0.156 e. The van der Waals surface area contributed by atoms with Crippen molar-refractivity contribution in [1.82, 2.24) is 0 Å². The van der Waals surface area contributed by atoms with Gasteiger partial charge in [-0.3, -0.25) is 0 Å². The molecule has 0 amide bonds. The molecule has 1 aliphatic heterocycles. The van der Waals surface area contributed by atoms with Crippen molar-refractivity contribution in [2.75, 3.05) is 20.3 Å². The van der Waals surface area contributed by atoms with Crippen LogP contribution in [-0.2, 0) is 9.47 Å². The lowest BCUT2D eigenvalue weighted by Gasteiger charge is -2.33. The lowest BCUT2D eigenvalue weighted by molar-refractivity contribution is -0.129. The largest absolute Gasteiger partial charge is 0.381 e. The Kier molecular flexibility index (Phi) is 4.85. The van der Waals surface area contributed by atoms with Gasteiger partial charge in [0.05, 0.1) is 0 Å². The molecule has 1 fully saturated rings. The number of aliphatic hydroxyl groups excluding tert-OH is 1. The molecule has 1 rings (SSSR count).